The first-order valence-corrected chi connectivity index (χ1v) is 22.1. The van der Waals surface area contributed by atoms with Crippen LogP contribution in [0.3, 0.4) is 0 Å². The summed E-state index contributed by atoms with van der Waals surface area (Å²) in [7, 11) is 0. The Kier molecular flexibility index (Phi) is 9.00. The molecule has 2 N–H and O–H groups in total. The van der Waals surface area contributed by atoms with Gasteiger partial charge in [0.25, 0.3) is 0 Å². The number of fused-ring (bicyclic) bond motifs is 8. The van der Waals surface area contributed by atoms with Gasteiger partial charge in [0.1, 0.15) is 0 Å². The first-order chi connectivity index (χ1) is 29.3. The summed E-state index contributed by atoms with van der Waals surface area (Å²) in [4.78, 5) is 0. The molecule has 0 bridgehead atoms. The Bertz CT molecular complexity index is 3210. The lowest BCUT2D eigenvalue weighted by molar-refractivity contribution is 0.590. The van der Waals surface area contributed by atoms with Gasteiger partial charge in [0.2, 0.25) is 0 Å². The number of hydrogen-bond donors (Lipinski definition) is 1. The molecule has 2 aliphatic rings. The van der Waals surface area contributed by atoms with E-state index < -0.39 is 0 Å². The van der Waals surface area contributed by atoms with E-state index in [2.05, 4.69) is 186 Å². The molecule has 10 rings (SSSR count). The van der Waals surface area contributed by atoms with Gasteiger partial charge in [-0.05, 0) is 178 Å². The summed E-state index contributed by atoms with van der Waals surface area (Å²) in [5.41, 5.74) is 29.8. The zero-order chi connectivity index (χ0) is 42.5. The summed E-state index contributed by atoms with van der Waals surface area (Å²) in [6, 6.07) is 37.5. The fraction of sp³-hybridized carbons (Fsp3) is 0.241. The first kappa shape index (κ1) is 38.9. The summed E-state index contributed by atoms with van der Waals surface area (Å²) in [6.07, 6.45) is 14.0. The van der Waals surface area contributed by atoms with E-state index in [0.29, 0.717) is 0 Å². The monoisotopic (exact) mass is 795 g/mol. The minimum Gasteiger partial charge on any atom is -0.405 e. The van der Waals surface area contributed by atoms with Crippen molar-refractivity contribution in [2.45, 2.75) is 91.9 Å². The standard InChI is InChI=1S/C58H57N3/c1-10-12-35(2)60-51-28-20-39(37-16-22-43(23-17-37)57(4,5)6)31-47(51)49-33-41-14-15-42-34-50-48-32-40(38-18-24-44(25-19-38)58(7,8)9)21-29-52(48)61(36(3)13-11-30-59)56(50)46-27-26-45(55(49)60)53(41)54(42)46/h10-13,16-25,28-34H,2,14-15,26-27,59H2,1,3-9H3/b12-10-,30-11-,36-13+. The molecular formula is C58H57N3. The van der Waals surface area contributed by atoms with E-state index in [4.69, 9.17) is 5.73 Å². The zero-order valence-corrected chi connectivity index (χ0v) is 37.1. The van der Waals surface area contributed by atoms with Gasteiger partial charge in [-0.15, -0.1) is 0 Å². The Morgan fingerprint density at radius 1 is 0.574 bits per heavy atom. The molecule has 0 amide bonds. The molecule has 3 heteroatoms. The van der Waals surface area contributed by atoms with Gasteiger partial charge in [-0.2, -0.15) is 0 Å². The maximum atomic E-state index is 5.92. The summed E-state index contributed by atoms with van der Waals surface area (Å²) in [6.45, 7) is 22.6. The number of hydrogen-bond acceptors (Lipinski definition) is 1. The molecule has 8 aromatic rings. The second-order valence-corrected chi connectivity index (χ2v) is 19.5. The zero-order valence-electron chi connectivity index (χ0n) is 37.1. The Hall–Kier alpha value is -6.32. The van der Waals surface area contributed by atoms with Crippen LogP contribution in [0.1, 0.15) is 88.8 Å². The summed E-state index contributed by atoms with van der Waals surface area (Å²) < 4.78 is 4.95. The largest absolute Gasteiger partial charge is 0.405 e. The van der Waals surface area contributed by atoms with Crippen molar-refractivity contribution in [3.63, 3.8) is 0 Å². The first-order valence-electron chi connectivity index (χ1n) is 22.1. The highest BCUT2D eigenvalue weighted by atomic mass is 15.0. The van der Waals surface area contributed by atoms with Gasteiger partial charge < -0.3 is 14.9 Å². The number of rotatable bonds is 6. The van der Waals surface area contributed by atoms with Crippen molar-refractivity contribution in [1.29, 1.82) is 0 Å². The van der Waals surface area contributed by atoms with Crippen molar-refractivity contribution in [2.24, 2.45) is 5.73 Å². The second kappa shape index (κ2) is 14.1. The van der Waals surface area contributed by atoms with Gasteiger partial charge in [-0.1, -0.05) is 115 Å². The van der Waals surface area contributed by atoms with E-state index in [1.807, 2.05) is 6.08 Å². The van der Waals surface area contributed by atoms with Crippen molar-refractivity contribution in [1.82, 2.24) is 9.13 Å². The van der Waals surface area contributed by atoms with Crippen molar-refractivity contribution in [2.75, 3.05) is 0 Å². The van der Waals surface area contributed by atoms with E-state index in [0.717, 1.165) is 37.1 Å². The molecule has 61 heavy (non-hydrogen) atoms. The van der Waals surface area contributed by atoms with Crippen LogP contribution in [0.4, 0.5) is 0 Å². The van der Waals surface area contributed by atoms with Crippen molar-refractivity contribution in [3.05, 3.63) is 168 Å². The molecule has 6 aromatic carbocycles. The van der Waals surface area contributed by atoms with Gasteiger partial charge >= 0.3 is 0 Å². The maximum absolute atomic E-state index is 5.92. The lowest BCUT2D eigenvalue weighted by atomic mass is 9.74. The minimum absolute atomic E-state index is 0.114. The third-order valence-corrected chi connectivity index (χ3v) is 13.6. The summed E-state index contributed by atoms with van der Waals surface area (Å²) >= 11 is 0. The van der Waals surface area contributed by atoms with Gasteiger partial charge in [0.15, 0.2) is 0 Å². The van der Waals surface area contributed by atoms with Gasteiger partial charge in [-0.25, -0.2) is 0 Å². The normalized spacial score (nSPS) is 14.4. The van der Waals surface area contributed by atoms with E-state index >= 15 is 0 Å². The van der Waals surface area contributed by atoms with Crippen LogP contribution >= 0.6 is 0 Å². The Morgan fingerprint density at radius 3 is 1.46 bits per heavy atom. The minimum atomic E-state index is 0.114. The van der Waals surface area contributed by atoms with E-state index in [-0.39, 0.29) is 10.8 Å². The molecular weight excluding hydrogens is 739 g/mol. The van der Waals surface area contributed by atoms with Crippen molar-refractivity contribution >= 4 is 55.0 Å². The summed E-state index contributed by atoms with van der Waals surface area (Å²) in [5, 5.41) is 5.27. The third kappa shape index (κ3) is 6.15. The topological polar surface area (TPSA) is 35.9 Å². The summed E-state index contributed by atoms with van der Waals surface area (Å²) in [5.74, 6) is 0. The average Bonchev–Trinajstić information content (AvgIpc) is 3.76. The molecule has 304 valence electrons. The van der Waals surface area contributed by atoms with Crippen molar-refractivity contribution < 1.29 is 0 Å². The molecule has 2 aromatic heterocycles. The van der Waals surface area contributed by atoms with E-state index in [1.165, 1.54) is 110 Å². The molecule has 2 aliphatic carbocycles. The predicted octanol–water partition coefficient (Wildman–Crippen LogP) is 15.1. The quantitative estimate of drug-likeness (QED) is 0.167. The number of aryl methyl sites for hydroxylation is 4. The number of allylic oxidation sites excluding steroid dienone is 6. The Balaban J connectivity index is 1.21. The van der Waals surface area contributed by atoms with Gasteiger partial charge in [-0.3, -0.25) is 0 Å². The van der Waals surface area contributed by atoms with Crippen LogP contribution in [-0.4, -0.2) is 9.13 Å². The molecule has 0 spiro atoms. The van der Waals surface area contributed by atoms with Crippen LogP contribution in [0.15, 0.2) is 134 Å². The van der Waals surface area contributed by atoms with Gasteiger partial charge in [0, 0.05) is 32.9 Å². The van der Waals surface area contributed by atoms with E-state index in [1.54, 1.807) is 6.20 Å². The predicted molar refractivity (Wildman–Crippen MR) is 264 cm³/mol. The van der Waals surface area contributed by atoms with Crippen LogP contribution in [0.5, 0.6) is 0 Å². The van der Waals surface area contributed by atoms with Crippen LogP contribution in [0, 0.1) is 0 Å². The van der Waals surface area contributed by atoms with Crippen LogP contribution < -0.4 is 5.73 Å². The lowest BCUT2D eigenvalue weighted by Crippen LogP contribution is -2.16. The molecule has 0 unspecified atom stereocenters. The van der Waals surface area contributed by atoms with Crippen molar-refractivity contribution in [3.8, 4) is 33.4 Å². The van der Waals surface area contributed by atoms with E-state index in [9.17, 15) is 0 Å². The SMILES string of the molecule is C=C(/C=C\C)n1c2ccc(-c3ccc(C(C)(C)C)cc3)cc2c2cc3c4c(c21)CCc1c-4c(cc2c4cc(-c5ccc(C(C)(C)C)cc5)ccc4n(/C(C)=C/C=C\N)c12)CC3. The second-order valence-electron chi connectivity index (χ2n) is 19.5. The molecule has 3 nitrogen and oxygen atoms in total. The molecule has 0 saturated carbocycles. The Morgan fingerprint density at radius 2 is 1.02 bits per heavy atom. The number of benzene rings is 6. The fourth-order valence-corrected chi connectivity index (χ4v) is 10.5. The molecule has 2 heterocycles. The molecule has 0 fully saturated rings. The fourth-order valence-electron chi connectivity index (χ4n) is 10.5. The maximum Gasteiger partial charge on any atom is 0.0579 e. The average molecular weight is 796 g/mol. The number of aromatic nitrogens is 2. The van der Waals surface area contributed by atoms with Crippen LogP contribution in [0.2, 0.25) is 0 Å². The Labute approximate surface area is 361 Å². The molecule has 0 saturated heterocycles. The molecule has 0 aliphatic heterocycles. The molecule has 0 atom stereocenters. The number of nitrogens with two attached hydrogens (primary N) is 1. The number of nitrogens with zero attached hydrogens (tertiary/aromatic N) is 2. The highest BCUT2D eigenvalue weighted by Crippen LogP contribution is 2.51. The molecule has 0 radical (unpaired) electrons. The third-order valence-electron chi connectivity index (χ3n) is 13.6. The smallest absolute Gasteiger partial charge is 0.0579 e. The van der Waals surface area contributed by atoms with Crippen LogP contribution in [0.25, 0.3) is 88.4 Å². The van der Waals surface area contributed by atoms with Gasteiger partial charge in [0.05, 0.1) is 22.1 Å². The lowest BCUT2D eigenvalue weighted by Gasteiger charge is -2.31. The highest BCUT2D eigenvalue weighted by Gasteiger charge is 2.33. The van der Waals surface area contributed by atoms with Crippen LogP contribution in [-0.2, 0) is 36.5 Å². The highest BCUT2D eigenvalue weighted by molar-refractivity contribution is 6.17.